The Labute approximate surface area is 306 Å². The molecule has 2 fully saturated rings. The Morgan fingerprint density at radius 3 is 1.49 bits per heavy atom. The van der Waals surface area contributed by atoms with Gasteiger partial charge >= 0.3 is 0 Å². The molecule has 2 aromatic carbocycles. The molecule has 2 aliphatic rings. The van der Waals surface area contributed by atoms with E-state index in [4.69, 9.17) is 9.47 Å². The van der Waals surface area contributed by atoms with Gasteiger partial charge in [0.25, 0.3) is 0 Å². The van der Waals surface area contributed by atoms with Crippen LogP contribution < -0.4 is 41.4 Å². The summed E-state index contributed by atoms with van der Waals surface area (Å²) in [7, 11) is 0. The number of ether oxygens (including phenoxy) is 2. The maximum absolute atomic E-state index is 12.9. The lowest BCUT2D eigenvalue weighted by Gasteiger charge is -2.23. The molecule has 0 spiro atoms. The predicted octanol–water partition coefficient (Wildman–Crippen LogP) is 1.78. The van der Waals surface area contributed by atoms with Crippen molar-refractivity contribution in [3.8, 4) is 17.2 Å². The molecule has 12 nitrogen and oxygen atoms in total. The quantitative estimate of drug-likeness (QED) is 0.0827. The second kappa shape index (κ2) is 25.8. The molecule has 2 aliphatic heterocycles. The molecule has 284 valence electrons. The van der Waals surface area contributed by atoms with Gasteiger partial charge in [0.1, 0.15) is 17.2 Å². The van der Waals surface area contributed by atoms with Crippen molar-refractivity contribution in [3.05, 3.63) is 59.7 Å². The zero-order chi connectivity index (χ0) is 35.6. The Balaban J connectivity index is 1.10. The number of phenols is 1. The van der Waals surface area contributed by atoms with Crippen molar-refractivity contribution in [1.82, 2.24) is 41.7 Å². The number of rotatable bonds is 15. The molecule has 0 radical (unpaired) electrons. The molecule has 2 saturated heterocycles. The van der Waals surface area contributed by atoms with Gasteiger partial charge in [-0.2, -0.15) is 0 Å². The number of nitrogens with zero attached hydrogens (tertiary/aromatic N) is 2. The fourth-order valence-electron chi connectivity index (χ4n) is 6.08. The van der Waals surface area contributed by atoms with Crippen LogP contribution in [0.4, 0.5) is 0 Å². The summed E-state index contributed by atoms with van der Waals surface area (Å²) in [6.45, 7) is 19.6. The van der Waals surface area contributed by atoms with Crippen LogP contribution in [0, 0.1) is 0 Å². The van der Waals surface area contributed by atoms with Crippen LogP contribution in [0.25, 0.3) is 6.08 Å². The van der Waals surface area contributed by atoms with Crippen LogP contribution in [0.3, 0.4) is 0 Å². The van der Waals surface area contributed by atoms with Crippen LogP contribution in [0.5, 0.6) is 17.2 Å². The fourth-order valence-corrected chi connectivity index (χ4v) is 6.08. The molecule has 0 aliphatic carbocycles. The summed E-state index contributed by atoms with van der Waals surface area (Å²) < 4.78 is 11.9. The third-order valence-electron chi connectivity index (χ3n) is 9.15. The number of hydrogen-bond donors (Lipinski definition) is 7. The zero-order valence-corrected chi connectivity index (χ0v) is 30.7. The number of aromatic hydroxyl groups is 1. The molecule has 2 heterocycles. The van der Waals surface area contributed by atoms with Crippen molar-refractivity contribution < 1.29 is 19.4 Å². The molecule has 0 amide bonds. The lowest BCUT2D eigenvalue weighted by atomic mass is 10.1. The maximum Gasteiger partial charge on any atom is 0.189 e. The van der Waals surface area contributed by atoms with Gasteiger partial charge in [-0.05, 0) is 74.7 Å². The number of carbonyl (C=O) groups is 1. The second-order valence-electron chi connectivity index (χ2n) is 13.2. The van der Waals surface area contributed by atoms with E-state index in [1.807, 2.05) is 24.3 Å². The average molecular weight is 709 g/mol. The van der Waals surface area contributed by atoms with Crippen LogP contribution in [-0.2, 0) is 0 Å². The molecule has 0 aromatic heterocycles. The summed E-state index contributed by atoms with van der Waals surface area (Å²) in [4.78, 5) is 17.9. The van der Waals surface area contributed by atoms with Gasteiger partial charge in [0.05, 0.1) is 18.8 Å². The third-order valence-corrected chi connectivity index (χ3v) is 9.15. The number of phenolic OH excluding ortho intramolecular Hbond substituents is 1. The minimum absolute atomic E-state index is 0.0746. The molecule has 12 heteroatoms. The van der Waals surface area contributed by atoms with Crippen LogP contribution in [0.1, 0.15) is 41.6 Å². The first-order chi connectivity index (χ1) is 25.2. The lowest BCUT2D eigenvalue weighted by molar-refractivity contribution is 0.104. The summed E-state index contributed by atoms with van der Waals surface area (Å²) in [5, 5.41) is 31.5. The van der Waals surface area contributed by atoms with Gasteiger partial charge in [0.2, 0.25) is 0 Å². The third kappa shape index (κ3) is 17.8. The maximum atomic E-state index is 12.9. The molecule has 4 rings (SSSR count). The normalized spacial score (nSPS) is 18.6. The van der Waals surface area contributed by atoms with E-state index < -0.39 is 0 Å². The second-order valence-corrected chi connectivity index (χ2v) is 13.2. The molecule has 7 N–H and O–H groups in total. The van der Waals surface area contributed by atoms with E-state index in [0.29, 0.717) is 19.0 Å². The summed E-state index contributed by atoms with van der Waals surface area (Å²) in [5.41, 5.74) is 1.14. The number of ketones is 1. The molecule has 0 bridgehead atoms. The van der Waals surface area contributed by atoms with Gasteiger partial charge in [-0.3, -0.25) is 4.79 Å². The Morgan fingerprint density at radius 2 is 1.02 bits per heavy atom. The summed E-state index contributed by atoms with van der Waals surface area (Å²) in [6, 6.07) is 12.7. The van der Waals surface area contributed by atoms with Crippen molar-refractivity contribution >= 4 is 11.9 Å². The van der Waals surface area contributed by atoms with Crippen LogP contribution in [-0.4, -0.2) is 152 Å². The van der Waals surface area contributed by atoms with Gasteiger partial charge in [0, 0.05) is 111 Å². The minimum atomic E-state index is -0.258. The highest BCUT2D eigenvalue weighted by Gasteiger charge is 2.11. The first-order valence-electron chi connectivity index (χ1n) is 19.3. The van der Waals surface area contributed by atoms with E-state index in [-0.39, 0.29) is 17.1 Å². The van der Waals surface area contributed by atoms with Crippen molar-refractivity contribution in [2.45, 2.75) is 25.7 Å². The molecular formula is C39H64N8O4. The van der Waals surface area contributed by atoms with Crippen LogP contribution >= 0.6 is 0 Å². The first-order valence-corrected chi connectivity index (χ1v) is 19.3. The summed E-state index contributed by atoms with van der Waals surface area (Å²) >= 11 is 0. The van der Waals surface area contributed by atoms with E-state index in [2.05, 4.69) is 41.7 Å². The molecular weight excluding hydrogens is 644 g/mol. The highest BCUT2D eigenvalue weighted by Crippen LogP contribution is 2.25. The van der Waals surface area contributed by atoms with E-state index in [1.54, 1.807) is 18.2 Å². The number of benzene rings is 2. The summed E-state index contributed by atoms with van der Waals surface area (Å²) in [5.74, 6) is 1.06. The Kier molecular flexibility index (Phi) is 20.6. The zero-order valence-electron chi connectivity index (χ0n) is 30.7. The Bertz CT molecular complexity index is 1220. The highest BCUT2D eigenvalue weighted by molar-refractivity contribution is 6.08. The van der Waals surface area contributed by atoms with Gasteiger partial charge in [0.15, 0.2) is 5.78 Å². The van der Waals surface area contributed by atoms with E-state index >= 15 is 0 Å². The number of hydrogen-bond acceptors (Lipinski definition) is 12. The van der Waals surface area contributed by atoms with Crippen molar-refractivity contribution in [2.75, 3.05) is 131 Å². The molecule has 0 saturated carbocycles. The van der Waals surface area contributed by atoms with Crippen molar-refractivity contribution in [2.24, 2.45) is 0 Å². The number of carbonyl (C=O) groups excluding carboxylic acids is 1. The molecule has 0 unspecified atom stereocenters. The van der Waals surface area contributed by atoms with Crippen molar-refractivity contribution in [3.63, 3.8) is 0 Å². The smallest absolute Gasteiger partial charge is 0.189 e. The van der Waals surface area contributed by atoms with E-state index in [0.717, 1.165) is 155 Å². The van der Waals surface area contributed by atoms with Crippen LogP contribution in [0.2, 0.25) is 0 Å². The summed E-state index contributed by atoms with van der Waals surface area (Å²) in [6.07, 6.45) is 7.30. The average Bonchev–Trinajstić information content (AvgIpc) is 3.12. The van der Waals surface area contributed by atoms with Gasteiger partial charge in [-0.1, -0.05) is 18.2 Å². The lowest BCUT2D eigenvalue weighted by Crippen LogP contribution is -2.42. The Hall–Kier alpha value is -3.07. The first kappa shape index (κ1) is 40.7. The van der Waals surface area contributed by atoms with E-state index in [9.17, 15) is 9.90 Å². The predicted molar refractivity (Wildman–Crippen MR) is 207 cm³/mol. The highest BCUT2D eigenvalue weighted by atomic mass is 16.5. The molecule has 0 atom stereocenters. The van der Waals surface area contributed by atoms with E-state index in [1.165, 1.54) is 12.1 Å². The molecule has 2 aromatic rings. The monoisotopic (exact) mass is 709 g/mol. The topological polar surface area (TPSA) is 134 Å². The number of nitrogens with one attached hydrogen (secondary N) is 6. The standard InChI is InChI=1S/C39H64N8O4/c48-38(37-11-10-36(33-39(37)49)51-32-4-2-26-47-29-23-44-19-15-41-16-20-45-24-30-47)12-7-34-5-8-35(9-6-34)50-31-3-1-25-46-27-21-42-17-13-40-14-18-43-22-28-46/h5-12,33,40-45,49H,1-4,13-32H2/b12-7+. The minimum Gasteiger partial charge on any atom is -0.507 e. The van der Waals surface area contributed by atoms with Gasteiger partial charge < -0.3 is 56.3 Å². The number of unbranched alkanes of at least 4 members (excludes halogenated alkanes) is 2. The van der Waals surface area contributed by atoms with Gasteiger partial charge in [-0.25, -0.2) is 0 Å². The largest absolute Gasteiger partial charge is 0.507 e. The van der Waals surface area contributed by atoms with Gasteiger partial charge in [-0.15, -0.1) is 0 Å². The fraction of sp³-hybridized carbons (Fsp3) is 0.615. The number of allylic oxidation sites excluding steroid dienone is 1. The Morgan fingerprint density at radius 1 is 0.588 bits per heavy atom. The van der Waals surface area contributed by atoms with Crippen molar-refractivity contribution in [1.29, 1.82) is 0 Å². The van der Waals surface area contributed by atoms with Crippen LogP contribution in [0.15, 0.2) is 48.5 Å². The SMILES string of the molecule is O=C(/C=C/c1ccc(OCCCCN2CCNCCNCCNCC2)cc1)c1ccc(OCCCCN2CCNCCNCCNCC2)cc1O. The molecule has 51 heavy (non-hydrogen) atoms.